The van der Waals surface area contributed by atoms with Crippen LogP contribution in [-0.4, -0.2) is 176 Å². The molecule has 5 aromatic carbocycles. The fourth-order valence-electron chi connectivity index (χ4n) is 18.8. The van der Waals surface area contributed by atoms with E-state index in [4.69, 9.17) is 11.6 Å². The first-order valence-electron chi connectivity index (χ1n) is 49.1. The van der Waals surface area contributed by atoms with Crippen LogP contribution in [0.5, 0.6) is 0 Å². The van der Waals surface area contributed by atoms with Crippen LogP contribution in [0.1, 0.15) is 186 Å². The molecule has 5 fully saturated rings. The Labute approximate surface area is 838 Å². The SMILES string of the molecule is CCCc1cc2c(NC3CCN(Cc4ccccc4Br)CC3)ncnc2s1.CCCc1cc2c(NC3CCN(Cc4ccccc4C)CC3)ncnc2s1.CCCc1cc2c(NC3CCN(Cc4ccccc4C)CC3)ncnc2s1.CCCc1cc2c(NC3CCN(Cc4ccccc4Cl)CC3)ncnc2s1.Cc1ccc(CN2CCC(Nc3ncnc4sc(CC(F)(F)F)cc34)CC2)cc1. The molecule has 30 heteroatoms. The lowest BCUT2D eigenvalue weighted by molar-refractivity contribution is -0.126. The zero-order valence-electron chi connectivity index (χ0n) is 79.9. The molecule has 5 N–H and O–H groups in total. The van der Waals surface area contributed by atoms with Crippen molar-refractivity contribution in [3.63, 3.8) is 0 Å². The number of nitrogens with zero attached hydrogens (tertiary/aromatic N) is 15. The van der Waals surface area contributed by atoms with Gasteiger partial charge in [0.15, 0.2) is 0 Å². The zero-order valence-corrected chi connectivity index (χ0v) is 86.3. The molecule has 20 rings (SSSR count). The van der Waals surface area contributed by atoms with Gasteiger partial charge in [-0.05, 0) is 192 Å². The Hall–Kier alpha value is -9.34. The van der Waals surface area contributed by atoms with Gasteiger partial charge in [0.2, 0.25) is 0 Å². The third kappa shape index (κ3) is 28.7. The number of fused-ring (bicyclic) bond motifs is 5. The van der Waals surface area contributed by atoms with E-state index >= 15 is 0 Å². The van der Waals surface area contributed by atoms with Crippen molar-refractivity contribution in [3.05, 3.63) is 262 Å². The normalized spacial score (nSPS) is 16.1. The number of likely N-dealkylation sites (tertiary alicyclic amines) is 5. The van der Waals surface area contributed by atoms with Gasteiger partial charge in [-0.1, -0.05) is 196 Å². The van der Waals surface area contributed by atoms with Gasteiger partial charge < -0.3 is 26.6 Å². The van der Waals surface area contributed by atoms with Crippen LogP contribution < -0.4 is 26.6 Å². The van der Waals surface area contributed by atoms with Gasteiger partial charge in [-0.2, -0.15) is 13.2 Å². The Balaban J connectivity index is 0.000000124. The first-order valence-corrected chi connectivity index (χ1v) is 54.3. The Bertz CT molecular complexity index is 5730. The highest BCUT2D eigenvalue weighted by Crippen LogP contribution is 2.39. The molecular formula is C107H129BrClF3N20S5. The highest BCUT2D eigenvalue weighted by atomic mass is 79.9. The van der Waals surface area contributed by atoms with E-state index in [0.29, 0.717) is 40.2 Å². The second-order valence-corrected chi connectivity index (χ2v) is 43.9. The number of nitrogens with one attached hydrogen (secondary N) is 5. The molecule has 0 amide bonds. The van der Waals surface area contributed by atoms with Crippen LogP contribution in [0.25, 0.3) is 51.1 Å². The number of thiophene rings is 5. The summed E-state index contributed by atoms with van der Waals surface area (Å²) < 4.78 is 39.3. The molecule has 0 aliphatic carbocycles. The third-order valence-electron chi connectivity index (χ3n) is 26.4. The Morgan fingerprint density at radius 3 is 0.891 bits per heavy atom. The number of hydrogen-bond acceptors (Lipinski definition) is 25. The summed E-state index contributed by atoms with van der Waals surface area (Å²) in [6.07, 6.45) is 23.3. The van der Waals surface area contributed by atoms with E-state index in [2.05, 4.69) is 299 Å². The number of halogens is 5. The number of benzene rings is 5. The fourth-order valence-corrected chi connectivity index (χ4v) is 24.8. The van der Waals surface area contributed by atoms with Crippen LogP contribution in [0.3, 0.4) is 0 Å². The highest BCUT2D eigenvalue weighted by Gasteiger charge is 2.32. The number of aryl methyl sites for hydroxylation is 7. The second-order valence-electron chi connectivity index (χ2n) is 37.1. The van der Waals surface area contributed by atoms with E-state index in [-0.39, 0.29) is 10.9 Å². The average Bonchev–Trinajstić information content (AvgIpc) is 1.68. The van der Waals surface area contributed by atoms with Crippen LogP contribution in [0.4, 0.5) is 42.3 Å². The van der Waals surface area contributed by atoms with Crippen molar-refractivity contribution in [2.75, 3.05) is 92.0 Å². The van der Waals surface area contributed by atoms with Gasteiger partial charge in [-0.15, -0.1) is 56.7 Å². The summed E-state index contributed by atoms with van der Waals surface area (Å²) in [7, 11) is 0. The number of aromatic nitrogens is 10. The zero-order chi connectivity index (χ0) is 95.0. The Kier molecular flexibility index (Phi) is 36.5. The summed E-state index contributed by atoms with van der Waals surface area (Å²) >= 11 is 18.2. The maximum Gasteiger partial charge on any atom is 0.393 e. The number of piperidine rings is 5. The first-order chi connectivity index (χ1) is 66.8. The molecule has 10 aromatic heterocycles. The lowest BCUT2D eigenvalue weighted by atomic mass is 10.0. The van der Waals surface area contributed by atoms with Gasteiger partial charge in [0, 0.05) is 162 Å². The topological polar surface area (TPSA) is 205 Å². The van der Waals surface area contributed by atoms with E-state index in [9.17, 15) is 13.2 Å². The smallest absolute Gasteiger partial charge is 0.367 e. The van der Waals surface area contributed by atoms with Crippen molar-refractivity contribution in [2.45, 2.75) is 240 Å². The summed E-state index contributed by atoms with van der Waals surface area (Å²) in [4.78, 5) is 67.9. The maximum absolute atomic E-state index is 12.7. The van der Waals surface area contributed by atoms with Crippen molar-refractivity contribution in [3.8, 4) is 0 Å². The van der Waals surface area contributed by atoms with Gasteiger partial charge in [0.1, 0.15) is 84.9 Å². The number of anilines is 5. The molecule has 137 heavy (non-hydrogen) atoms. The minimum Gasteiger partial charge on any atom is -0.367 e. The van der Waals surface area contributed by atoms with Crippen LogP contribution in [0, 0.1) is 20.8 Å². The molecule has 15 aromatic rings. The van der Waals surface area contributed by atoms with Crippen LogP contribution in [0.2, 0.25) is 5.02 Å². The number of hydrogen-bond donors (Lipinski definition) is 5. The molecule has 722 valence electrons. The monoisotopic (exact) mass is 2020 g/mol. The van der Waals surface area contributed by atoms with E-state index in [1.165, 1.54) is 116 Å². The van der Waals surface area contributed by atoms with E-state index in [1.54, 1.807) is 76.7 Å². The predicted molar refractivity (Wildman–Crippen MR) is 572 cm³/mol. The van der Waals surface area contributed by atoms with Crippen molar-refractivity contribution in [1.82, 2.24) is 74.3 Å². The fraction of sp³-hybridized carbons (Fsp3) is 0.439. The summed E-state index contributed by atoms with van der Waals surface area (Å²) in [5.41, 5.74) is 10.8. The summed E-state index contributed by atoms with van der Waals surface area (Å²) in [5, 5.41) is 24.5. The first kappa shape index (κ1) is 101. The van der Waals surface area contributed by atoms with Crippen molar-refractivity contribution >= 4 is 164 Å². The maximum atomic E-state index is 12.7. The molecule has 0 unspecified atom stereocenters. The molecule has 5 aliphatic heterocycles. The van der Waals surface area contributed by atoms with E-state index in [0.717, 1.165) is 253 Å². The van der Waals surface area contributed by atoms with Crippen molar-refractivity contribution < 1.29 is 13.2 Å². The minimum atomic E-state index is -4.22. The van der Waals surface area contributed by atoms with Crippen molar-refractivity contribution in [1.29, 1.82) is 0 Å². The lowest BCUT2D eigenvalue weighted by Gasteiger charge is -2.33. The molecule has 0 atom stereocenters. The largest absolute Gasteiger partial charge is 0.393 e. The average molecular weight is 2030 g/mol. The minimum absolute atomic E-state index is 0.258. The molecule has 5 saturated heterocycles. The Morgan fingerprint density at radius 1 is 0.328 bits per heavy atom. The summed E-state index contributed by atoms with van der Waals surface area (Å²) in [6, 6.07) is 55.5. The standard InChI is InChI=1S/2C22H28N4S.C21H25BrN4S.C21H25ClN4S.C21H23F3N4S/c2*1-3-6-19-13-20-21(23-15-24-22(20)27-19)25-18-9-11-26(12-10-18)14-17-8-5-4-7-16(17)2;2*1-2-5-17-12-18-20(23-14-24-21(18)27-17)25-16-8-10-26(11-9-16)13-15-6-3-4-7-19(15)22;1-14-2-4-15(5-3-14)12-28-8-6-16(7-9-28)27-19-18-10-17(11-21(22,23)24)29-20(18)26-13-25-19/h2*4-5,7-8,13,15,18H,3,6,9-12,14H2,1-2H3,(H,23,24,25);2*3-4,6-7,12,14,16H,2,5,8-11,13H2,1H3,(H,23,24,25);2-5,10,13,16H,6-9,11-12H2,1H3,(H,25,26,27). The second kappa shape index (κ2) is 49.7. The van der Waals surface area contributed by atoms with Gasteiger partial charge in [0.05, 0.1) is 33.4 Å². The lowest BCUT2D eigenvalue weighted by Crippen LogP contribution is -2.38. The van der Waals surface area contributed by atoms with Gasteiger partial charge >= 0.3 is 6.18 Å². The molecule has 0 bridgehead atoms. The molecule has 0 radical (unpaired) electrons. The van der Waals surface area contributed by atoms with Gasteiger partial charge in [0.25, 0.3) is 0 Å². The van der Waals surface area contributed by atoms with E-state index in [1.807, 2.05) is 12.1 Å². The van der Waals surface area contributed by atoms with Gasteiger partial charge in [-0.3, -0.25) is 24.5 Å². The summed E-state index contributed by atoms with van der Waals surface area (Å²) in [6.45, 7) is 31.2. The molecule has 15 heterocycles. The predicted octanol–water partition coefficient (Wildman–Crippen LogP) is 26.1. The molecular weight excluding hydrogens is 1900 g/mol. The number of rotatable bonds is 29. The molecule has 20 nitrogen and oxygen atoms in total. The van der Waals surface area contributed by atoms with Crippen molar-refractivity contribution in [2.24, 2.45) is 0 Å². The molecule has 0 saturated carbocycles. The quantitative estimate of drug-likeness (QED) is 0.0296. The molecule has 0 spiro atoms. The van der Waals surface area contributed by atoms with Crippen LogP contribution in [-0.2, 0) is 64.8 Å². The van der Waals surface area contributed by atoms with Crippen LogP contribution in [0.15, 0.2) is 188 Å². The van der Waals surface area contributed by atoms with Gasteiger partial charge in [-0.25, -0.2) is 49.8 Å². The number of alkyl halides is 3. The molecule has 5 aliphatic rings. The Morgan fingerprint density at radius 2 is 0.591 bits per heavy atom. The highest BCUT2D eigenvalue weighted by molar-refractivity contribution is 9.10. The summed E-state index contributed by atoms with van der Waals surface area (Å²) in [5.74, 6) is 4.65. The third-order valence-corrected chi connectivity index (χ3v) is 33.0. The van der Waals surface area contributed by atoms with E-state index < -0.39 is 12.6 Å². The van der Waals surface area contributed by atoms with Crippen LogP contribution >= 0.6 is 84.2 Å².